The molecule has 2 nitrogen and oxygen atoms in total. The minimum atomic E-state index is 0. The van der Waals surface area contributed by atoms with Crippen molar-refractivity contribution >= 4 is 46.1 Å². The zero-order valence-corrected chi connectivity index (χ0v) is 5.14. The van der Waals surface area contributed by atoms with Crippen LogP contribution in [0.25, 0.3) is 0 Å². The van der Waals surface area contributed by atoms with Crippen LogP contribution in [0, 0.1) is 0 Å². The maximum atomic E-state index is 0. The van der Waals surface area contributed by atoms with Crippen molar-refractivity contribution in [3.63, 3.8) is 0 Å². The van der Waals surface area contributed by atoms with Gasteiger partial charge in [-0.15, -0.1) is 0 Å². The first-order valence-electron chi connectivity index (χ1n) is 0. The molecule has 0 aliphatic carbocycles. The van der Waals surface area contributed by atoms with Gasteiger partial charge in [0.25, 0.3) is 0 Å². The van der Waals surface area contributed by atoms with Crippen LogP contribution in [-0.2, 0) is 0 Å². The molecule has 4 heteroatoms. The molecule has 0 spiro atoms. The van der Waals surface area contributed by atoms with Crippen LogP contribution < -0.4 is 0 Å². The van der Waals surface area contributed by atoms with Gasteiger partial charge in [0.2, 0.25) is 0 Å². The average molecular weight is 119 g/mol. The molecule has 0 fully saturated rings. The zero-order valence-electron chi connectivity index (χ0n) is 4.31. The maximum absolute atomic E-state index is 0. The quantitative estimate of drug-likeness (QED) is 0.438. The zero-order chi connectivity index (χ0) is 0. The van der Waals surface area contributed by atoms with Crippen molar-refractivity contribution in [1.82, 2.24) is 0 Å². The molecule has 0 aliphatic rings. The third kappa shape index (κ3) is 51.2. The summed E-state index contributed by atoms with van der Waals surface area (Å²) in [5, 5.41) is 0. The summed E-state index contributed by atoms with van der Waals surface area (Å²) in [6.45, 7) is 0. The molecule has 2 N–H and O–H groups in total. The second kappa shape index (κ2) is 90.9. The Morgan fingerprint density at radius 3 is 0.833 bits per heavy atom. The van der Waals surface area contributed by atoms with Crippen molar-refractivity contribution in [3.8, 4) is 0 Å². The Bertz CT molecular complexity index is 17.8. The Labute approximate surface area is 76.1 Å². The van der Waals surface area contributed by atoms with E-state index >= 15 is 0 Å². The largest absolute Gasteiger partial charge is 2.00 e. The molecule has 0 rings (SSSR count). The van der Waals surface area contributed by atoms with Crippen molar-refractivity contribution in [1.29, 1.82) is 0 Å². The normalized spacial score (nSPS) is 0. The van der Waals surface area contributed by atoms with Gasteiger partial charge in [-0.25, -0.2) is 0 Å². The first-order chi connectivity index (χ1) is 0. The Morgan fingerprint density at radius 2 is 0.833 bits per heavy atom. The minimum Gasteiger partial charge on any atom is -1.00 e. The van der Waals surface area contributed by atoms with E-state index in [1.165, 1.54) is 0 Å². The molecular weight excluding hydrogens is 105 g/mol. The van der Waals surface area contributed by atoms with Crippen LogP contribution in [0.15, 0.2) is 0 Å². The van der Waals surface area contributed by atoms with Gasteiger partial charge in [0.1, 0.15) is 0 Å². The van der Waals surface area contributed by atoms with Crippen LogP contribution in [-0.4, -0.2) is 57.1 Å². The molecule has 0 radical (unpaired) electrons. The van der Waals surface area contributed by atoms with Gasteiger partial charge in [0.05, 0.1) is 0 Å². The summed E-state index contributed by atoms with van der Waals surface area (Å²) in [6.07, 6.45) is 0. The predicted molar refractivity (Wildman–Crippen MR) is 33.2 cm³/mol. The number of hydrogen-bond acceptors (Lipinski definition) is 2. The fourth-order valence-electron chi connectivity index (χ4n) is 0. The molecule has 38 valence electrons. The van der Waals surface area contributed by atoms with E-state index in [9.17, 15) is 0 Å². The van der Waals surface area contributed by atoms with E-state index in [2.05, 4.69) is 0 Å². The van der Waals surface area contributed by atoms with Crippen LogP contribution in [0.5, 0.6) is 0 Å². The third-order valence-corrected chi connectivity index (χ3v) is 0. The van der Waals surface area contributed by atoms with Crippen molar-refractivity contribution in [2.24, 2.45) is 0 Å². The SMILES string of the molecule is C.C.[H-].[H-].[HH].[Mg+2].[Mg+2].[OH-].[OH-]. The second-order valence-corrected chi connectivity index (χ2v) is 0. The topological polar surface area (TPSA) is 60.0 Å². The first kappa shape index (κ1) is 147. The van der Waals surface area contributed by atoms with Gasteiger partial charge >= 0.3 is 46.1 Å². The summed E-state index contributed by atoms with van der Waals surface area (Å²) in [4.78, 5) is 0. The van der Waals surface area contributed by atoms with E-state index in [-0.39, 0.29) is 76.2 Å². The molecule has 0 atom stereocenters. The number of hydrogen-bond donors (Lipinski definition) is 0. The monoisotopic (exact) mass is 118 g/mol. The average Bonchev–Trinajstić information content (AvgIpc) is 0. The van der Waals surface area contributed by atoms with E-state index in [1.807, 2.05) is 0 Å². The summed E-state index contributed by atoms with van der Waals surface area (Å²) in [6, 6.07) is 0. The standard InChI is InChI=1S/2CH4.2Mg.2H2O.H2.2H/h2*1H4;;;2*1H2;1H;;/q;;2*+2;;;;2*-1/p-2. The molecule has 0 aromatic rings. The van der Waals surface area contributed by atoms with Gasteiger partial charge in [0, 0.05) is 1.43 Å². The summed E-state index contributed by atoms with van der Waals surface area (Å²) in [7, 11) is 0. The first-order valence-corrected chi connectivity index (χ1v) is 0. The van der Waals surface area contributed by atoms with Crippen molar-refractivity contribution in [2.45, 2.75) is 14.9 Å². The Balaban J connectivity index is 0. The van der Waals surface area contributed by atoms with Gasteiger partial charge in [0.15, 0.2) is 0 Å². The predicted octanol–water partition coefficient (Wildman–Crippen LogP) is 0.628. The van der Waals surface area contributed by atoms with Crippen LogP contribution in [0.2, 0.25) is 0 Å². The Hall–Kier alpha value is 1.45. The maximum Gasteiger partial charge on any atom is 2.00 e. The molecule has 0 saturated heterocycles. The van der Waals surface area contributed by atoms with Crippen molar-refractivity contribution in [3.05, 3.63) is 0 Å². The van der Waals surface area contributed by atoms with E-state index in [0.717, 1.165) is 0 Å². The van der Waals surface area contributed by atoms with Gasteiger partial charge in [-0.3, -0.25) is 0 Å². The summed E-state index contributed by atoms with van der Waals surface area (Å²) in [5.74, 6) is 0. The van der Waals surface area contributed by atoms with Crippen LogP contribution in [0.1, 0.15) is 19.1 Å². The van der Waals surface area contributed by atoms with Gasteiger partial charge in [-0.2, -0.15) is 0 Å². The molecule has 0 saturated carbocycles. The summed E-state index contributed by atoms with van der Waals surface area (Å²) in [5.41, 5.74) is 0. The molecule has 6 heavy (non-hydrogen) atoms. The van der Waals surface area contributed by atoms with Crippen LogP contribution in [0.3, 0.4) is 0 Å². The van der Waals surface area contributed by atoms with Crippen molar-refractivity contribution in [2.75, 3.05) is 0 Å². The fourth-order valence-corrected chi connectivity index (χ4v) is 0. The third-order valence-electron chi connectivity index (χ3n) is 0. The number of rotatable bonds is 0. The summed E-state index contributed by atoms with van der Waals surface area (Å²) >= 11 is 0. The molecule has 0 bridgehead atoms. The van der Waals surface area contributed by atoms with E-state index in [4.69, 9.17) is 0 Å². The fraction of sp³-hybridized carbons (Fsp3) is 1.00. The van der Waals surface area contributed by atoms with Crippen molar-refractivity contribution < 1.29 is 15.2 Å². The molecule has 0 heterocycles. The van der Waals surface area contributed by atoms with Crippen LogP contribution in [0.4, 0.5) is 0 Å². The van der Waals surface area contributed by atoms with E-state index in [0.29, 0.717) is 0 Å². The Kier molecular flexibility index (Phi) is 2230. The Morgan fingerprint density at radius 1 is 0.833 bits per heavy atom. The smallest absolute Gasteiger partial charge is 1.00 e. The molecule has 0 unspecified atom stereocenters. The van der Waals surface area contributed by atoms with E-state index in [1.54, 1.807) is 0 Å². The van der Waals surface area contributed by atoms with Gasteiger partial charge in [-0.05, 0) is 0 Å². The second-order valence-electron chi connectivity index (χ2n) is 0. The molecule has 0 amide bonds. The van der Waals surface area contributed by atoms with E-state index < -0.39 is 0 Å². The van der Waals surface area contributed by atoms with Gasteiger partial charge in [-0.1, -0.05) is 14.9 Å². The molecule has 0 aromatic carbocycles. The summed E-state index contributed by atoms with van der Waals surface area (Å²) < 4.78 is 0. The molecular formula is C2H14Mg2O2. The van der Waals surface area contributed by atoms with Gasteiger partial charge < -0.3 is 13.8 Å². The van der Waals surface area contributed by atoms with Crippen LogP contribution >= 0.6 is 0 Å². The molecule has 0 aliphatic heterocycles. The minimum absolute atomic E-state index is 0. The molecule has 0 aromatic heterocycles.